The van der Waals surface area contributed by atoms with E-state index in [0.717, 1.165) is 18.2 Å². The van der Waals surface area contributed by atoms with Gasteiger partial charge in [0.2, 0.25) is 0 Å². The highest BCUT2D eigenvalue weighted by Gasteiger charge is 2.23. The Kier molecular flexibility index (Phi) is 2.68. The Morgan fingerprint density at radius 3 is 2.75 bits per heavy atom. The molecule has 0 amide bonds. The minimum Gasteiger partial charge on any atom is -0.398 e. The molecule has 1 fully saturated rings. The van der Waals surface area contributed by atoms with Crippen molar-refractivity contribution in [2.75, 3.05) is 24.2 Å². The molecule has 0 heterocycles. The van der Waals surface area contributed by atoms with Crippen LogP contribution in [0.4, 0.5) is 17.1 Å². The highest BCUT2D eigenvalue weighted by molar-refractivity contribution is 5.62. The normalized spacial score (nSPS) is 14.8. The molecule has 16 heavy (non-hydrogen) atoms. The van der Waals surface area contributed by atoms with Gasteiger partial charge in [-0.25, -0.2) is 0 Å². The maximum absolute atomic E-state index is 10.7. The predicted molar refractivity (Wildman–Crippen MR) is 63.5 cm³/mol. The molecule has 0 aliphatic heterocycles. The minimum absolute atomic E-state index is 0.0534. The molecule has 0 radical (unpaired) electrons. The molecule has 0 spiro atoms. The summed E-state index contributed by atoms with van der Waals surface area (Å²) in [5.74, 6) is 0.741. The van der Waals surface area contributed by atoms with Gasteiger partial charge < -0.3 is 10.6 Å². The standard InChI is InChI=1S/C11H15N3O2/c1-13(7-8-2-3-8)10-4-9(12)5-11(6-10)14(15)16/h4-6,8H,2-3,7,12H2,1H3. The summed E-state index contributed by atoms with van der Waals surface area (Å²) in [7, 11) is 1.94. The zero-order chi connectivity index (χ0) is 11.7. The lowest BCUT2D eigenvalue weighted by atomic mass is 10.2. The van der Waals surface area contributed by atoms with Crippen molar-refractivity contribution in [2.24, 2.45) is 5.92 Å². The Labute approximate surface area is 94.0 Å². The van der Waals surface area contributed by atoms with Gasteiger partial charge in [-0.05, 0) is 24.8 Å². The first-order chi connectivity index (χ1) is 7.56. The van der Waals surface area contributed by atoms with Gasteiger partial charge in [-0.3, -0.25) is 10.1 Å². The second-order valence-corrected chi connectivity index (χ2v) is 4.36. The molecule has 1 aromatic rings. The topological polar surface area (TPSA) is 72.4 Å². The van der Waals surface area contributed by atoms with E-state index in [4.69, 9.17) is 5.73 Å². The highest BCUT2D eigenvalue weighted by atomic mass is 16.6. The molecule has 2 rings (SSSR count). The fourth-order valence-corrected chi connectivity index (χ4v) is 1.74. The molecule has 5 nitrogen and oxygen atoms in total. The van der Waals surface area contributed by atoms with Crippen LogP contribution in [0.3, 0.4) is 0 Å². The van der Waals surface area contributed by atoms with Gasteiger partial charge >= 0.3 is 0 Å². The average Bonchev–Trinajstić information content (AvgIpc) is 3.00. The summed E-state index contributed by atoms with van der Waals surface area (Å²) >= 11 is 0. The van der Waals surface area contributed by atoms with Gasteiger partial charge in [0.25, 0.3) is 5.69 Å². The maximum atomic E-state index is 10.7. The third-order valence-corrected chi connectivity index (χ3v) is 2.81. The number of hydrogen-bond acceptors (Lipinski definition) is 4. The summed E-state index contributed by atoms with van der Waals surface area (Å²) in [6.45, 7) is 0.945. The van der Waals surface area contributed by atoms with E-state index < -0.39 is 4.92 Å². The summed E-state index contributed by atoms with van der Waals surface area (Å²) < 4.78 is 0. The third-order valence-electron chi connectivity index (χ3n) is 2.81. The van der Waals surface area contributed by atoms with Crippen molar-refractivity contribution >= 4 is 17.1 Å². The molecule has 0 bridgehead atoms. The van der Waals surface area contributed by atoms with Crippen molar-refractivity contribution in [3.63, 3.8) is 0 Å². The maximum Gasteiger partial charge on any atom is 0.273 e. The van der Waals surface area contributed by atoms with Crippen LogP contribution in [0.25, 0.3) is 0 Å². The van der Waals surface area contributed by atoms with Crippen LogP contribution < -0.4 is 10.6 Å². The number of nitrogen functional groups attached to an aromatic ring is 1. The van der Waals surface area contributed by atoms with E-state index in [2.05, 4.69) is 0 Å². The van der Waals surface area contributed by atoms with Gasteiger partial charge in [-0.2, -0.15) is 0 Å². The summed E-state index contributed by atoms with van der Waals surface area (Å²) in [5.41, 5.74) is 6.96. The van der Waals surface area contributed by atoms with Crippen molar-refractivity contribution in [2.45, 2.75) is 12.8 Å². The van der Waals surface area contributed by atoms with Crippen LogP contribution in [0.2, 0.25) is 0 Å². The SMILES string of the molecule is CN(CC1CC1)c1cc(N)cc([N+](=O)[O-])c1. The molecule has 5 heteroatoms. The number of nitro groups is 1. The number of nitrogens with two attached hydrogens (primary N) is 1. The fraction of sp³-hybridized carbons (Fsp3) is 0.455. The van der Waals surface area contributed by atoms with E-state index >= 15 is 0 Å². The summed E-state index contributed by atoms with van der Waals surface area (Å²) in [5, 5.41) is 10.7. The minimum atomic E-state index is -0.412. The molecule has 0 atom stereocenters. The van der Waals surface area contributed by atoms with Crippen LogP contribution >= 0.6 is 0 Å². The Hall–Kier alpha value is -1.78. The van der Waals surface area contributed by atoms with Gasteiger partial charge in [0, 0.05) is 37.1 Å². The van der Waals surface area contributed by atoms with Crippen LogP contribution in [0.15, 0.2) is 18.2 Å². The number of non-ortho nitro benzene ring substituents is 1. The number of hydrogen-bond donors (Lipinski definition) is 1. The van der Waals surface area contributed by atoms with E-state index in [9.17, 15) is 10.1 Å². The van der Waals surface area contributed by atoms with Gasteiger partial charge in [-0.15, -0.1) is 0 Å². The van der Waals surface area contributed by atoms with Crippen LogP contribution in [0.5, 0.6) is 0 Å². The number of anilines is 2. The molecule has 2 N–H and O–H groups in total. The molecule has 1 aromatic carbocycles. The lowest BCUT2D eigenvalue weighted by molar-refractivity contribution is -0.384. The molecule has 0 unspecified atom stereocenters. The first-order valence-electron chi connectivity index (χ1n) is 5.32. The van der Waals surface area contributed by atoms with E-state index in [0.29, 0.717) is 5.69 Å². The first-order valence-corrected chi connectivity index (χ1v) is 5.32. The molecule has 0 saturated heterocycles. The fourth-order valence-electron chi connectivity index (χ4n) is 1.74. The van der Waals surface area contributed by atoms with Crippen LogP contribution in [0, 0.1) is 16.0 Å². The lowest BCUT2D eigenvalue weighted by Crippen LogP contribution is -2.20. The number of benzene rings is 1. The second-order valence-electron chi connectivity index (χ2n) is 4.36. The lowest BCUT2D eigenvalue weighted by Gasteiger charge is -2.19. The molecule has 0 aromatic heterocycles. The van der Waals surface area contributed by atoms with Crippen molar-refractivity contribution in [3.05, 3.63) is 28.3 Å². The zero-order valence-electron chi connectivity index (χ0n) is 9.22. The Morgan fingerprint density at radius 2 is 2.19 bits per heavy atom. The van der Waals surface area contributed by atoms with E-state index in [1.807, 2.05) is 11.9 Å². The Balaban J connectivity index is 2.21. The monoisotopic (exact) mass is 221 g/mol. The summed E-state index contributed by atoms with van der Waals surface area (Å²) in [6.07, 6.45) is 2.52. The smallest absolute Gasteiger partial charge is 0.273 e. The molecule has 86 valence electrons. The Morgan fingerprint density at radius 1 is 1.50 bits per heavy atom. The third kappa shape index (κ3) is 2.42. The van der Waals surface area contributed by atoms with Crippen molar-refractivity contribution in [1.29, 1.82) is 0 Å². The average molecular weight is 221 g/mol. The Bertz CT molecular complexity index is 416. The van der Waals surface area contributed by atoms with Crippen molar-refractivity contribution < 1.29 is 4.92 Å². The summed E-state index contributed by atoms with van der Waals surface area (Å²) in [6, 6.07) is 4.72. The van der Waals surface area contributed by atoms with E-state index in [1.54, 1.807) is 12.1 Å². The number of nitrogens with zero attached hydrogens (tertiary/aromatic N) is 2. The van der Waals surface area contributed by atoms with Gasteiger partial charge in [-0.1, -0.05) is 0 Å². The largest absolute Gasteiger partial charge is 0.398 e. The van der Waals surface area contributed by atoms with E-state index in [1.165, 1.54) is 18.9 Å². The molecular formula is C11H15N3O2. The molecule has 1 aliphatic carbocycles. The summed E-state index contributed by atoms with van der Waals surface area (Å²) in [4.78, 5) is 12.3. The molecule has 1 aliphatic rings. The van der Waals surface area contributed by atoms with Crippen LogP contribution in [-0.4, -0.2) is 18.5 Å². The zero-order valence-corrected chi connectivity index (χ0v) is 9.22. The highest BCUT2D eigenvalue weighted by Crippen LogP contribution is 2.32. The van der Waals surface area contributed by atoms with Gasteiger partial charge in [0.1, 0.15) is 0 Å². The van der Waals surface area contributed by atoms with Crippen LogP contribution in [-0.2, 0) is 0 Å². The van der Waals surface area contributed by atoms with Gasteiger partial charge in [0.15, 0.2) is 0 Å². The van der Waals surface area contributed by atoms with Crippen LogP contribution in [0.1, 0.15) is 12.8 Å². The molecular weight excluding hydrogens is 206 g/mol. The van der Waals surface area contributed by atoms with Gasteiger partial charge in [0.05, 0.1) is 4.92 Å². The number of nitro benzene ring substituents is 1. The van der Waals surface area contributed by atoms with Crippen molar-refractivity contribution in [3.8, 4) is 0 Å². The van der Waals surface area contributed by atoms with E-state index in [-0.39, 0.29) is 5.69 Å². The van der Waals surface area contributed by atoms with Crippen molar-refractivity contribution in [1.82, 2.24) is 0 Å². The predicted octanol–water partition coefficient (Wildman–Crippen LogP) is 2.02. The molecule has 1 saturated carbocycles. The quantitative estimate of drug-likeness (QED) is 0.479. The number of rotatable bonds is 4. The first kappa shape index (κ1) is 10.7. The second kappa shape index (κ2) is 4.00.